The summed E-state index contributed by atoms with van der Waals surface area (Å²) >= 11 is 0. The molecular weight excluding hydrogens is 489 g/mol. The van der Waals surface area contributed by atoms with Gasteiger partial charge in [0.05, 0.1) is 7.11 Å². The fraction of sp³-hybridized carbons (Fsp3) is 0.381. The minimum absolute atomic E-state index is 0. The third-order valence-corrected chi connectivity index (χ3v) is 4.95. The third kappa shape index (κ3) is 6.45. The predicted octanol–water partition coefficient (Wildman–Crippen LogP) is 3.78. The van der Waals surface area contributed by atoms with Gasteiger partial charge < -0.3 is 20.3 Å². The summed E-state index contributed by atoms with van der Waals surface area (Å²) in [4.78, 5) is 6.35. The van der Waals surface area contributed by atoms with Gasteiger partial charge in [0.15, 0.2) is 17.6 Å². The molecule has 1 unspecified atom stereocenters. The Kier molecular flexibility index (Phi) is 8.94. The Morgan fingerprint density at radius 3 is 2.55 bits per heavy atom. The number of guanidine groups is 1. The van der Waals surface area contributed by atoms with E-state index in [9.17, 15) is 8.78 Å². The lowest BCUT2D eigenvalue weighted by atomic mass is 10.1. The van der Waals surface area contributed by atoms with E-state index < -0.39 is 11.6 Å². The lowest BCUT2D eigenvalue weighted by molar-refractivity contribution is 0.414. The molecule has 2 aromatic rings. The van der Waals surface area contributed by atoms with Gasteiger partial charge >= 0.3 is 0 Å². The third-order valence-electron chi connectivity index (χ3n) is 4.95. The Morgan fingerprint density at radius 1 is 1.14 bits per heavy atom. The summed E-state index contributed by atoms with van der Waals surface area (Å²) in [7, 11) is 3.39. The largest absolute Gasteiger partial charge is 0.497 e. The van der Waals surface area contributed by atoms with Crippen molar-refractivity contribution in [3.8, 4) is 5.75 Å². The van der Waals surface area contributed by atoms with Crippen molar-refractivity contribution in [3.63, 3.8) is 0 Å². The quantitative estimate of drug-likeness (QED) is 0.349. The average molecular weight is 516 g/mol. The minimum Gasteiger partial charge on any atom is -0.497 e. The van der Waals surface area contributed by atoms with Gasteiger partial charge in [-0.2, -0.15) is 0 Å². The number of hydrogen-bond acceptors (Lipinski definition) is 3. The van der Waals surface area contributed by atoms with Gasteiger partial charge in [-0.15, -0.1) is 24.0 Å². The molecule has 0 spiro atoms. The number of ether oxygens (including phenoxy) is 1. The van der Waals surface area contributed by atoms with E-state index in [1.807, 2.05) is 24.3 Å². The predicted molar refractivity (Wildman–Crippen MR) is 123 cm³/mol. The maximum absolute atomic E-state index is 13.5. The van der Waals surface area contributed by atoms with Crippen LogP contribution in [0.1, 0.15) is 12.0 Å². The van der Waals surface area contributed by atoms with Crippen LogP contribution in [0.15, 0.2) is 47.5 Å². The van der Waals surface area contributed by atoms with Gasteiger partial charge in [0.1, 0.15) is 5.75 Å². The van der Waals surface area contributed by atoms with Gasteiger partial charge in [-0.05, 0) is 42.2 Å². The molecule has 3 rings (SSSR count). The second kappa shape index (κ2) is 11.2. The minimum atomic E-state index is -0.812. The number of aliphatic imine (C=N–C) groups is 1. The van der Waals surface area contributed by atoms with Crippen LogP contribution in [0.25, 0.3) is 0 Å². The Balaban J connectivity index is 0.00000300. The number of anilines is 1. The fourth-order valence-electron chi connectivity index (χ4n) is 3.31. The van der Waals surface area contributed by atoms with Crippen LogP contribution < -0.4 is 20.3 Å². The van der Waals surface area contributed by atoms with Crippen molar-refractivity contribution in [2.24, 2.45) is 10.9 Å². The normalized spacial score (nSPS) is 16.3. The smallest absolute Gasteiger partial charge is 0.191 e. The van der Waals surface area contributed by atoms with Gasteiger partial charge in [0, 0.05) is 45.0 Å². The molecule has 1 aliphatic heterocycles. The summed E-state index contributed by atoms with van der Waals surface area (Å²) < 4.78 is 31.7. The second-order valence-electron chi connectivity index (χ2n) is 6.85. The lowest BCUT2D eigenvalue weighted by Crippen LogP contribution is -2.39. The first kappa shape index (κ1) is 23.2. The summed E-state index contributed by atoms with van der Waals surface area (Å²) in [6.07, 6.45) is 0.988. The highest BCUT2D eigenvalue weighted by atomic mass is 127. The molecule has 158 valence electrons. The fourth-order valence-corrected chi connectivity index (χ4v) is 3.31. The zero-order chi connectivity index (χ0) is 19.9. The molecule has 5 nitrogen and oxygen atoms in total. The number of methoxy groups -OCH3 is 1. The maximum Gasteiger partial charge on any atom is 0.191 e. The molecule has 1 saturated heterocycles. The number of hydrogen-bond donors (Lipinski definition) is 2. The molecule has 0 bridgehead atoms. The Labute approximate surface area is 187 Å². The molecule has 1 atom stereocenters. The summed E-state index contributed by atoms with van der Waals surface area (Å²) in [5.74, 6) is 0.364. The molecule has 1 fully saturated rings. The van der Waals surface area contributed by atoms with Crippen molar-refractivity contribution in [2.45, 2.75) is 13.0 Å². The summed E-state index contributed by atoms with van der Waals surface area (Å²) in [6, 6.07) is 12.0. The van der Waals surface area contributed by atoms with Crippen molar-refractivity contribution in [2.75, 3.05) is 38.7 Å². The van der Waals surface area contributed by atoms with Crippen molar-refractivity contribution in [1.29, 1.82) is 0 Å². The summed E-state index contributed by atoms with van der Waals surface area (Å²) in [6.45, 7) is 3.06. The highest BCUT2D eigenvalue weighted by Crippen LogP contribution is 2.25. The first-order valence-corrected chi connectivity index (χ1v) is 9.36. The van der Waals surface area contributed by atoms with E-state index in [4.69, 9.17) is 4.74 Å². The maximum atomic E-state index is 13.5. The first-order valence-electron chi connectivity index (χ1n) is 9.36. The molecule has 0 radical (unpaired) electrons. The zero-order valence-corrected chi connectivity index (χ0v) is 19.0. The Morgan fingerprint density at radius 2 is 1.90 bits per heavy atom. The van der Waals surface area contributed by atoms with E-state index in [0.717, 1.165) is 49.0 Å². The van der Waals surface area contributed by atoms with Gasteiger partial charge in [-0.1, -0.05) is 12.1 Å². The van der Waals surface area contributed by atoms with Crippen LogP contribution in [0.3, 0.4) is 0 Å². The van der Waals surface area contributed by atoms with E-state index in [1.165, 1.54) is 12.1 Å². The SMILES string of the molecule is CN=C(NCc1ccc(OC)cc1)NCC1CCN(c2ccc(F)c(F)c2)C1.I. The molecule has 29 heavy (non-hydrogen) atoms. The highest BCUT2D eigenvalue weighted by Gasteiger charge is 2.23. The molecule has 2 N–H and O–H groups in total. The number of nitrogens with zero attached hydrogens (tertiary/aromatic N) is 2. The summed E-state index contributed by atoms with van der Waals surface area (Å²) in [5.41, 5.74) is 1.86. The van der Waals surface area contributed by atoms with E-state index in [1.54, 1.807) is 20.2 Å². The highest BCUT2D eigenvalue weighted by molar-refractivity contribution is 14.0. The molecule has 0 aliphatic carbocycles. The lowest BCUT2D eigenvalue weighted by Gasteiger charge is -2.19. The van der Waals surface area contributed by atoms with Gasteiger partial charge in [0.25, 0.3) is 0 Å². The standard InChI is InChI=1S/C21H26F2N4O.HI/c1-24-21(25-12-15-3-6-18(28-2)7-4-15)26-13-16-9-10-27(14-16)17-5-8-19(22)20(23)11-17;/h3-8,11,16H,9-10,12-14H2,1-2H3,(H2,24,25,26);1H. The molecule has 0 amide bonds. The van der Waals surface area contributed by atoms with Gasteiger partial charge in [0.2, 0.25) is 0 Å². The molecule has 8 heteroatoms. The summed E-state index contributed by atoms with van der Waals surface area (Å²) in [5, 5.41) is 6.65. The Hall–Kier alpha value is -2.10. The van der Waals surface area contributed by atoms with Crippen LogP contribution in [0.2, 0.25) is 0 Å². The van der Waals surface area contributed by atoms with Gasteiger partial charge in [-0.25, -0.2) is 8.78 Å². The van der Waals surface area contributed by atoms with E-state index >= 15 is 0 Å². The Bertz CT molecular complexity index is 817. The van der Waals surface area contributed by atoms with Crippen LogP contribution in [0.4, 0.5) is 14.5 Å². The first-order chi connectivity index (χ1) is 13.6. The molecule has 1 aliphatic rings. The van der Waals surface area contributed by atoms with Crippen LogP contribution in [0.5, 0.6) is 5.75 Å². The topological polar surface area (TPSA) is 48.9 Å². The van der Waals surface area contributed by atoms with Crippen LogP contribution in [0, 0.1) is 17.6 Å². The molecule has 0 aromatic heterocycles. The van der Waals surface area contributed by atoms with E-state index in [0.29, 0.717) is 12.5 Å². The average Bonchev–Trinajstić information content (AvgIpc) is 3.19. The van der Waals surface area contributed by atoms with Crippen LogP contribution in [-0.2, 0) is 6.54 Å². The van der Waals surface area contributed by atoms with Gasteiger partial charge in [-0.3, -0.25) is 4.99 Å². The van der Waals surface area contributed by atoms with Crippen molar-refractivity contribution < 1.29 is 13.5 Å². The van der Waals surface area contributed by atoms with E-state index in [-0.39, 0.29) is 24.0 Å². The molecule has 1 heterocycles. The molecule has 0 saturated carbocycles. The van der Waals surface area contributed by atoms with Crippen LogP contribution >= 0.6 is 24.0 Å². The van der Waals surface area contributed by atoms with Crippen molar-refractivity contribution in [1.82, 2.24) is 10.6 Å². The number of nitrogens with one attached hydrogen (secondary N) is 2. The number of halogens is 3. The zero-order valence-electron chi connectivity index (χ0n) is 16.6. The second-order valence-corrected chi connectivity index (χ2v) is 6.85. The van der Waals surface area contributed by atoms with Crippen LogP contribution in [-0.4, -0.2) is 39.8 Å². The molecular formula is C21H27F2IN4O. The number of benzene rings is 2. The van der Waals surface area contributed by atoms with Crippen molar-refractivity contribution >= 4 is 35.6 Å². The molecule has 2 aromatic carbocycles. The van der Waals surface area contributed by atoms with Crippen molar-refractivity contribution in [3.05, 3.63) is 59.7 Å². The number of rotatable bonds is 6. The monoisotopic (exact) mass is 516 g/mol. The van der Waals surface area contributed by atoms with E-state index in [2.05, 4.69) is 20.5 Å².